The lowest BCUT2D eigenvalue weighted by Crippen LogP contribution is -2.48. The number of hydrogen-bond donors (Lipinski definition) is 2. The van der Waals surface area contributed by atoms with Crippen LogP contribution >= 0.6 is 0 Å². The van der Waals surface area contributed by atoms with Gasteiger partial charge in [-0.1, -0.05) is 6.92 Å². The molecule has 0 radical (unpaired) electrons. The molecular formula is C21H31N3O2. The van der Waals surface area contributed by atoms with E-state index in [0.29, 0.717) is 12.8 Å². The van der Waals surface area contributed by atoms with Gasteiger partial charge in [0.05, 0.1) is 0 Å². The molecule has 1 aliphatic heterocycles. The largest absolute Gasteiger partial charge is 0.372 e. The van der Waals surface area contributed by atoms with Crippen LogP contribution in [0.3, 0.4) is 0 Å². The van der Waals surface area contributed by atoms with Gasteiger partial charge in [0, 0.05) is 30.0 Å². The highest BCUT2D eigenvalue weighted by Gasteiger charge is 2.57. The van der Waals surface area contributed by atoms with E-state index in [-0.39, 0.29) is 17.4 Å². The van der Waals surface area contributed by atoms with E-state index in [9.17, 15) is 9.59 Å². The number of carbonyl (C=O) groups is 2. The first-order valence-electron chi connectivity index (χ1n) is 9.69. The van der Waals surface area contributed by atoms with Crippen LogP contribution in [0.1, 0.15) is 53.4 Å². The Morgan fingerprint density at radius 3 is 2.12 bits per heavy atom. The Morgan fingerprint density at radius 2 is 1.62 bits per heavy atom. The second-order valence-corrected chi connectivity index (χ2v) is 8.96. The van der Waals surface area contributed by atoms with E-state index in [1.54, 1.807) is 0 Å². The lowest BCUT2D eigenvalue weighted by atomic mass is 9.99. The summed E-state index contributed by atoms with van der Waals surface area (Å²) >= 11 is 0. The average molecular weight is 357 g/mol. The fourth-order valence-corrected chi connectivity index (χ4v) is 3.42. The van der Waals surface area contributed by atoms with Crippen LogP contribution in [0.5, 0.6) is 0 Å². The number of nitrogens with zero attached hydrogens (tertiary/aromatic N) is 1. The number of hydrogen-bond acceptors (Lipinski definition) is 3. The molecule has 1 aromatic carbocycles. The predicted molar refractivity (Wildman–Crippen MR) is 105 cm³/mol. The molecule has 2 fully saturated rings. The number of nitrogens with one attached hydrogen (secondary N) is 2. The quantitative estimate of drug-likeness (QED) is 0.810. The molecule has 1 aliphatic carbocycles. The minimum atomic E-state index is -0.894. The first-order valence-corrected chi connectivity index (χ1v) is 9.69. The maximum absolute atomic E-state index is 12.7. The summed E-state index contributed by atoms with van der Waals surface area (Å²) in [5, 5.41) is 5.87. The Bertz CT molecular complexity index is 663. The van der Waals surface area contributed by atoms with E-state index >= 15 is 0 Å². The van der Waals surface area contributed by atoms with E-state index in [2.05, 4.69) is 34.6 Å². The summed E-state index contributed by atoms with van der Waals surface area (Å²) in [6, 6.07) is 7.98. The molecule has 0 bridgehead atoms. The van der Waals surface area contributed by atoms with Crippen LogP contribution in [-0.4, -0.2) is 30.4 Å². The van der Waals surface area contributed by atoms with E-state index in [4.69, 9.17) is 0 Å². The van der Waals surface area contributed by atoms with Crippen molar-refractivity contribution in [2.75, 3.05) is 23.3 Å². The van der Waals surface area contributed by atoms with E-state index < -0.39 is 5.41 Å². The minimum Gasteiger partial charge on any atom is -0.372 e. The van der Waals surface area contributed by atoms with Gasteiger partial charge in [-0.05, 0) is 76.6 Å². The number of carbonyl (C=O) groups excluding carboxylic acids is 2. The van der Waals surface area contributed by atoms with Crippen molar-refractivity contribution in [2.45, 2.75) is 58.9 Å². The van der Waals surface area contributed by atoms with Gasteiger partial charge in [-0.2, -0.15) is 0 Å². The van der Waals surface area contributed by atoms with Crippen molar-refractivity contribution in [1.29, 1.82) is 0 Å². The Labute approximate surface area is 156 Å². The summed E-state index contributed by atoms with van der Waals surface area (Å²) in [4.78, 5) is 27.5. The molecule has 0 aromatic heterocycles. The molecular weight excluding hydrogens is 326 g/mol. The second-order valence-electron chi connectivity index (χ2n) is 8.96. The topological polar surface area (TPSA) is 61.4 Å². The molecule has 2 amide bonds. The van der Waals surface area contributed by atoms with Crippen molar-refractivity contribution < 1.29 is 9.59 Å². The maximum Gasteiger partial charge on any atom is 0.240 e. The number of rotatable bonds is 4. The molecule has 0 spiro atoms. The Morgan fingerprint density at radius 1 is 1.04 bits per heavy atom. The molecule has 1 heterocycles. The minimum absolute atomic E-state index is 0.165. The van der Waals surface area contributed by atoms with Gasteiger partial charge in [-0.25, -0.2) is 0 Å². The molecule has 0 unspecified atom stereocenters. The van der Waals surface area contributed by atoms with Crippen LogP contribution in [0.2, 0.25) is 0 Å². The zero-order valence-corrected chi connectivity index (χ0v) is 16.4. The third-order valence-electron chi connectivity index (χ3n) is 5.38. The standard InChI is InChI=1S/C21H31N3O2/c1-15-9-13-24(14-10-15)17-7-5-16(6-8-17)22-18(25)21(11-12-21)19(26)23-20(2,3)4/h5-8,15H,9-14H2,1-4H3,(H,22,25)(H,23,26). The van der Waals surface area contributed by atoms with Gasteiger partial charge < -0.3 is 15.5 Å². The van der Waals surface area contributed by atoms with Gasteiger partial charge in [0.15, 0.2) is 0 Å². The van der Waals surface area contributed by atoms with Gasteiger partial charge in [0.25, 0.3) is 0 Å². The molecule has 5 heteroatoms. The summed E-state index contributed by atoms with van der Waals surface area (Å²) in [5.41, 5.74) is 0.718. The van der Waals surface area contributed by atoms with Crippen LogP contribution in [-0.2, 0) is 9.59 Å². The highest BCUT2D eigenvalue weighted by Crippen LogP contribution is 2.47. The van der Waals surface area contributed by atoms with Crippen LogP contribution in [0.4, 0.5) is 11.4 Å². The Hall–Kier alpha value is -2.04. The predicted octanol–water partition coefficient (Wildman–Crippen LogP) is 3.56. The number of piperidine rings is 1. The summed E-state index contributed by atoms with van der Waals surface area (Å²) < 4.78 is 0. The van der Waals surface area contributed by atoms with Crippen molar-refractivity contribution in [3.63, 3.8) is 0 Å². The molecule has 1 saturated carbocycles. The van der Waals surface area contributed by atoms with Gasteiger partial charge in [-0.15, -0.1) is 0 Å². The number of anilines is 2. The summed E-state index contributed by atoms with van der Waals surface area (Å²) in [7, 11) is 0. The summed E-state index contributed by atoms with van der Waals surface area (Å²) in [5.74, 6) is 0.444. The molecule has 26 heavy (non-hydrogen) atoms. The molecule has 5 nitrogen and oxygen atoms in total. The lowest BCUT2D eigenvalue weighted by Gasteiger charge is -2.32. The summed E-state index contributed by atoms with van der Waals surface area (Å²) in [6.07, 6.45) is 3.68. The Balaban J connectivity index is 1.60. The van der Waals surface area contributed by atoms with Crippen molar-refractivity contribution in [2.24, 2.45) is 11.3 Å². The van der Waals surface area contributed by atoms with Gasteiger partial charge in [0.1, 0.15) is 5.41 Å². The first kappa shape index (κ1) is 18.7. The van der Waals surface area contributed by atoms with Gasteiger partial charge >= 0.3 is 0 Å². The van der Waals surface area contributed by atoms with E-state index in [0.717, 1.165) is 24.7 Å². The monoisotopic (exact) mass is 357 g/mol. The fraction of sp³-hybridized carbons (Fsp3) is 0.619. The smallest absolute Gasteiger partial charge is 0.240 e. The SMILES string of the molecule is CC1CCN(c2ccc(NC(=O)C3(C(=O)NC(C)(C)C)CC3)cc2)CC1. The van der Waals surface area contributed by atoms with E-state index in [1.165, 1.54) is 18.5 Å². The Kier molecular flexibility index (Phi) is 5.00. The first-order chi connectivity index (χ1) is 12.2. The zero-order chi connectivity index (χ0) is 18.9. The molecule has 0 atom stereocenters. The molecule has 3 rings (SSSR count). The van der Waals surface area contributed by atoms with E-state index in [1.807, 2.05) is 32.9 Å². The van der Waals surface area contributed by atoms with Crippen LogP contribution < -0.4 is 15.5 Å². The van der Waals surface area contributed by atoms with Gasteiger partial charge in [0.2, 0.25) is 11.8 Å². The van der Waals surface area contributed by atoms with Crippen molar-refractivity contribution in [1.82, 2.24) is 5.32 Å². The normalized spacial score (nSPS) is 19.8. The highest BCUT2D eigenvalue weighted by molar-refractivity contribution is 6.13. The fourth-order valence-electron chi connectivity index (χ4n) is 3.42. The third kappa shape index (κ3) is 4.19. The number of amides is 2. The molecule has 2 N–H and O–H groups in total. The number of benzene rings is 1. The molecule has 1 aromatic rings. The highest BCUT2D eigenvalue weighted by atomic mass is 16.2. The third-order valence-corrected chi connectivity index (χ3v) is 5.38. The molecule has 142 valence electrons. The van der Waals surface area contributed by atoms with Gasteiger partial charge in [-0.3, -0.25) is 9.59 Å². The average Bonchev–Trinajstić information content (AvgIpc) is 3.37. The van der Waals surface area contributed by atoms with Crippen LogP contribution in [0, 0.1) is 11.3 Å². The van der Waals surface area contributed by atoms with Crippen molar-refractivity contribution >= 4 is 23.2 Å². The maximum atomic E-state index is 12.7. The van der Waals surface area contributed by atoms with Crippen LogP contribution in [0.15, 0.2) is 24.3 Å². The van der Waals surface area contributed by atoms with Crippen LogP contribution in [0.25, 0.3) is 0 Å². The van der Waals surface area contributed by atoms with Crippen molar-refractivity contribution in [3.8, 4) is 0 Å². The lowest BCUT2D eigenvalue weighted by molar-refractivity contribution is -0.135. The molecule has 1 saturated heterocycles. The van der Waals surface area contributed by atoms with Crippen molar-refractivity contribution in [3.05, 3.63) is 24.3 Å². The zero-order valence-electron chi connectivity index (χ0n) is 16.4. The summed E-state index contributed by atoms with van der Waals surface area (Å²) in [6.45, 7) is 10.3. The second kappa shape index (κ2) is 6.93. The molecule has 2 aliphatic rings.